The van der Waals surface area contributed by atoms with E-state index in [-0.39, 0.29) is 28.9 Å². The number of sulfonamides is 1. The van der Waals surface area contributed by atoms with Crippen LogP contribution >= 0.6 is 34.8 Å². The Morgan fingerprint density at radius 1 is 0.909 bits per heavy atom. The molecule has 1 N–H and O–H groups in total. The highest BCUT2D eigenvalue weighted by Crippen LogP contribution is 2.38. The number of benzene rings is 3. The van der Waals surface area contributed by atoms with Gasteiger partial charge in [0, 0.05) is 22.6 Å². The number of hydrogen-bond donors (Lipinski definition) is 1. The number of carbonyl (C=O) groups is 2. The number of hydrogen-bond acceptors (Lipinski definition) is 4. The van der Waals surface area contributed by atoms with Crippen molar-refractivity contribution in [1.82, 2.24) is 10.2 Å². The largest absolute Gasteiger partial charge is 0.417 e. The summed E-state index contributed by atoms with van der Waals surface area (Å²) >= 11 is 18.2. The summed E-state index contributed by atoms with van der Waals surface area (Å²) < 4.78 is 69.7. The van der Waals surface area contributed by atoms with Crippen molar-refractivity contribution in [1.29, 1.82) is 0 Å². The van der Waals surface area contributed by atoms with Gasteiger partial charge in [-0.3, -0.25) is 13.9 Å². The number of rotatable bonds is 12. The van der Waals surface area contributed by atoms with Crippen LogP contribution in [0.25, 0.3) is 0 Å². The zero-order valence-corrected chi connectivity index (χ0v) is 27.1. The number of nitrogens with zero attached hydrogens (tertiary/aromatic N) is 2. The lowest BCUT2D eigenvalue weighted by atomic mass is 10.1. The van der Waals surface area contributed by atoms with E-state index >= 15 is 0 Å². The highest BCUT2D eigenvalue weighted by atomic mass is 35.5. The van der Waals surface area contributed by atoms with Crippen LogP contribution in [0.1, 0.15) is 44.7 Å². The molecule has 0 bridgehead atoms. The Hall–Kier alpha value is -2.99. The Kier molecular flexibility index (Phi) is 12.0. The maximum absolute atomic E-state index is 14.1. The van der Waals surface area contributed by atoms with Crippen molar-refractivity contribution in [3.05, 3.63) is 92.9 Å². The SMILES string of the molecule is CC[C@H](C(=O)N[C@@H](C)CC)N(Cc1ccc(Cl)cc1Cl)C(=O)CN(c1ccc(Cl)c(C(F)(F)F)c1)S(=O)(=O)c1ccccc1. The fraction of sp³-hybridized carbons (Fsp3) is 0.333. The predicted molar refractivity (Wildman–Crippen MR) is 166 cm³/mol. The van der Waals surface area contributed by atoms with E-state index in [9.17, 15) is 31.2 Å². The molecule has 0 heterocycles. The molecule has 0 aliphatic carbocycles. The van der Waals surface area contributed by atoms with Crippen molar-refractivity contribution in [2.45, 2.75) is 63.3 Å². The van der Waals surface area contributed by atoms with E-state index in [4.69, 9.17) is 34.8 Å². The zero-order chi connectivity index (χ0) is 32.8. The lowest BCUT2D eigenvalue weighted by Crippen LogP contribution is -2.53. The normalized spacial score (nSPS) is 13.2. The quantitative estimate of drug-likeness (QED) is 0.212. The molecular weight excluding hydrogens is 662 g/mol. The van der Waals surface area contributed by atoms with Crippen molar-refractivity contribution in [3.63, 3.8) is 0 Å². The van der Waals surface area contributed by atoms with Crippen LogP contribution in [0, 0.1) is 0 Å². The Bertz CT molecular complexity index is 1590. The van der Waals surface area contributed by atoms with Gasteiger partial charge in [0.1, 0.15) is 12.6 Å². The molecule has 3 aromatic carbocycles. The fourth-order valence-electron chi connectivity index (χ4n) is 4.33. The molecular formula is C30H31Cl3F3N3O4S. The Balaban J connectivity index is 2.16. The van der Waals surface area contributed by atoms with Gasteiger partial charge in [0.2, 0.25) is 11.8 Å². The molecule has 2 atom stereocenters. The fourth-order valence-corrected chi connectivity index (χ4v) is 6.45. The molecule has 0 radical (unpaired) electrons. The lowest BCUT2D eigenvalue weighted by molar-refractivity contribution is -0.140. The smallest absolute Gasteiger partial charge is 0.352 e. The van der Waals surface area contributed by atoms with Crippen LogP contribution in [-0.2, 0) is 32.3 Å². The van der Waals surface area contributed by atoms with E-state index in [1.807, 2.05) is 6.92 Å². The highest BCUT2D eigenvalue weighted by Gasteiger charge is 2.37. The Morgan fingerprint density at radius 2 is 1.57 bits per heavy atom. The number of carbonyl (C=O) groups excluding carboxylic acids is 2. The molecule has 0 aromatic heterocycles. The van der Waals surface area contributed by atoms with Gasteiger partial charge in [-0.05, 0) is 67.8 Å². The van der Waals surface area contributed by atoms with Crippen molar-refractivity contribution >= 4 is 62.3 Å². The molecule has 0 aliphatic heterocycles. The molecule has 0 unspecified atom stereocenters. The second-order valence-corrected chi connectivity index (χ2v) is 13.1. The van der Waals surface area contributed by atoms with Crippen molar-refractivity contribution < 1.29 is 31.2 Å². The van der Waals surface area contributed by atoms with E-state index in [2.05, 4.69) is 5.32 Å². The Labute approximate surface area is 269 Å². The molecule has 2 amide bonds. The van der Waals surface area contributed by atoms with E-state index in [1.54, 1.807) is 32.0 Å². The number of alkyl halides is 3. The molecule has 0 saturated carbocycles. The molecule has 3 aromatic rings. The summed E-state index contributed by atoms with van der Waals surface area (Å²) in [6.07, 6.45) is -4.15. The van der Waals surface area contributed by atoms with Crippen LogP contribution < -0.4 is 9.62 Å². The van der Waals surface area contributed by atoms with Gasteiger partial charge in [0.05, 0.1) is 21.2 Å². The first-order chi connectivity index (χ1) is 20.6. The van der Waals surface area contributed by atoms with Crippen molar-refractivity contribution in [2.75, 3.05) is 10.8 Å². The summed E-state index contributed by atoms with van der Waals surface area (Å²) in [7, 11) is -4.59. The minimum absolute atomic E-state index is 0.143. The first-order valence-corrected chi connectivity index (χ1v) is 16.2. The maximum Gasteiger partial charge on any atom is 0.417 e. The number of amides is 2. The number of halogens is 6. The molecule has 0 saturated heterocycles. The topological polar surface area (TPSA) is 86.8 Å². The monoisotopic (exact) mass is 691 g/mol. The van der Waals surface area contributed by atoms with Gasteiger partial charge >= 0.3 is 6.18 Å². The van der Waals surface area contributed by atoms with Crippen LogP contribution in [0.15, 0.2) is 71.6 Å². The molecule has 238 valence electrons. The molecule has 3 rings (SSSR count). The standard InChI is InChI=1S/C30H31Cl3F3N3O4S/c1-4-19(3)37-29(41)27(5-2)38(17-20-11-12-21(31)15-26(20)33)28(40)18-39(44(42,43)23-9-7-6-8-10-23)22-13-14-25(32)24(16-22)30(34,35)36/h6-16,19,27H,4-5,17-18H2,1-3H3,(H,37,41)/t19-,27+/m0/s1. The third kappa shape index (κ3) is 8.59. The maximum atomic E-state index is 14.1. The number of nitrogens with one attached hydrogen (secondary N) is 1. The van der Waals surface area contributed by atoms with E-state index in [0.29, 0.717) is 27.4 Å². The van der Waals surface area contributed by atoms with Crippen molar-refractivity contribution in [2.24, 2.45) is 0 Å². The third-order valence-corrected chi connectivity index (χ3v) is 9.60. The zero-order valence-electron chi connectivity index (χ0n) is 24.0. The summed E-state index contributed by atoms with van der Waals surface area (Å²) in [4.78, 5) is 28.4. The van der Waals surface area contributed by atoms with Gasteiger partial charge in [0.15, 0.2) is 0 Å². The summed E-state index contributed by atoms with van der Waals surface area (Å²) in [5.74, 6) is -1.34. The van der Waals surface area contributed by atoms with Gasteiger partial charge in [-0.25, -0.2) is 8.42 Å². The van der Waals surface area contributed by atoms with Gasteiger partial charge < -0.3 is 10.2 Å². The van der Waals surface area contributed by atoms with Gasteiger partial charge in [-0.15, -0.1) is 0 Å². The summed E-state index contributed by atoms with van der Waals surface area (Å²) in [5, 5.41) is 2.73. The average molecular weight is 693 g/mol. The van der Waals surface area contributed by atoms with E-state index in [0.717, 1.165) is 12.1 Å². The summed E-state index contributed by atoms with van der Waals surface area (Å²) in [6.45, 7) is 4.19. The predicted octanol–water partition coefficient (Wildman–Crippen LogP) is 7.58. The van der Waals surface area contributed by atoms with Gasteiger partial charge in [0.25, 0.3) is 10.0 Å². The lowest BCUT2D eigenvalue weighted by Gasteiger charge is -2.34. The minimum atomic E-state index is -4.90. The van der Waals surface area contributed by atoms with E-state index < -0.39 is 56.9 Å². The first-order valence-electron chi connectivity index (χ1n) is 13.6. The molecule has 0 fully saturated rings. The highest BCUT2D eigenvalue weighted by molar-refractivity contribution is 7.92. The molecule has 0 aliphatic rings. The van der Waals surface area contributed by atoms with Crippen molar-refractivity contribution in [3.8, 4) is 0 Å². The van der Waals surface area contributed by atoms with Gasteiger partial charge in [-0.1, -0.05) is 72.9 Å². The van der Waals surface area contributed by atoms with Crippen LogP contribution in [-0.4, -0.2) is 43.8 Å². The molecule has 44 heavy (non-hydrogen) atoms. The average Bonchev–Trinajstić information content (AvgIpc) is 2.96. The molecule has 14 heteroatoms. The van der Waals surface area contributed by atoms with Gasteiger partial charge in [-0.2, -0.15) is 13.2 Å². The van der Waals surface area contributed by atoms with Crippen LogP contribution in [0.4, 0.5) is 18.9 Å². The molecule has 7 nitrogen and oxygen atoms in total. The van der Waals surface area contributed by atoms with E-state index in [1.165, 1.54) is 35.2 Å². The first kappa shape index (κ1) is 35.5. The summed E-state index contributed by atoms with van der Waals surface area (Å²) in [5.41, 5.74) is -1.30. The Morgan fingerprint density at radius 3 is 2.14 bits per heavy atom. The number of anilines is 1. The van der Waals surface area contributed by atoms with Crippen LogP contribution in [0.3, 0.4) is 0 Å². The minimum Gasteiger partial charge on any atom is -0.352 e. The third-order valence-electron chi connectivity index (χ3n) is 6.90. The van der Waals surface area contributed by atoms with Crippen LogP contribution in [0.5, 0.6) is 0 Å². The van der Waals surface area contributed by atoms with Crippen LogP contribution in [0.2, 0.25) is 15.1 Å². The second-order valence-electron chi connectivity index (χ2n) is 9.99. The second kappa shape index (κ2) is 14.9. The summed E-state index contributed by atoms with van der Waals surface area (Å²) in [6, 6.07) is 12.8. The molecule has 0 spiro atoms.